The van der Waals surface area contributed by atoms with Crippen LogP contribution in [-0.4, -0.2) is 29.2 Å². The molecule has 1 aliphatic carbocycles. The van der Waals surface area contributed by atoms with Gasteiger partial charge in [-0.2, -0.15) is 0 Å². The van der Waals surface area contributed by atoms with Crippen molar-refractivity contribution in [3.63, 3.8) is 0 Å². The third-order valence-corrected chi connectivity index (χ3v) is 2.58. The van der Waals surface area contributed by atoms with Crippen molar-refractivity contribution in [2.45, 2.75) is 57.2 Å². The van der Waals surface area contributed by atoms with Crippen LogP contribution in [0.1, 0.15) is 39.0 Å². The van der Waals surface area contributed by atoms with E-state index in [0.29, 0.717) is 6.42 Å². The van der Waals surface area contributed by atoms with E-state index in [4.69, 9.17) is 5.73 Å². The average molecular weight is 200 g/mol. The van der Waals surface area contributed by atoms with Gasteiger partial charge in [-0.05, 0) is 19.8 Å². The zero-order valence-corrected chi connectivity index (χ0v) is 8.70. The minimum absolute atomic E-state index is 0.0500. The van der Waals surface area contributed by atoms with Gasteiger partial charge in [-0.15, -0.1) is 0 Å². The summed E-state index contributed by atoms with van der Waals surface area (Å²) in [6.45, 7) is 1.80. The fraction of sp³-hybridized carbons (Fsp3) is 0.900. The molecule has 0 spiro atoms. The van der Waals surface area contributed by atoms with Crippen molar-refractivity contribution >= 4 is 5.91 Å². The predicted molar refractivity (Wildman–Crippen MR) is 54.7 cm³/mol. The standard InChI is InChI=1S/C10H20N2O2/c1-7(11)6-10(14)12-8-4-2-3-5-9(8)13/h7-9,13H,2-6,11H2,1H3,(H,12,14)/t7?,8-,9-/m1/s1. The van der Waals surface area contributed by atoms with Crippen LogP contribution in [0, 0.1) is 0 Å². The smallest absolute Gasteiger partial charge is 0.221 e. The molecule has 1 unspecified atom stereocenters. The molecule has 0 aromatic carbocycles. The van der Waals surface area contributed by atoms with Gasteiger partial charge in [0.05, 0.1) is 12.1 Å². The van der Waals surface area contributed by atoms with E-state index >= 15 is 0 Å². The average Bonchev–Trinajstić information content (AvgIpc) is 2.07. The first-order valence-corrected chi connectivity index (χ1v) is 5.32. The van der Waals surface area contributed by atoms with Crippen molar-refractivity contribution in [2.75, 3.05) is 0 Å². The molecule has 0 bridgehead atoms. The zero-order chi connectivity index (χ0) is 10.6. The summed E-state index contributed by atoms with van der Waals surface area (Å²) in [5, 5.41) is 12.4. The maximum Gasteiger partial charge on any atom is 0.221 e. The Morgan fingerprint density at radius 2 is 2.21 bits per heavy atom. The molecule has 1 fully saturated rings. The number of amides is 1. The molecule has 4 N–H and O–H groups in total. The highest BCUT2D eigenvalue weighted by atomic mass is 16.3. The van der Waals surface area contributed by atoms with Gasteiger partial charge in [-0.25, -0.2) is 0 Å². The minimum Gasteiger partial charge on any atom is -0.391 e. The number of aliphatic hydroxyl groups is 1. The van der Waals surface area contributed by atoms with Crippen LogP contribution in [0.4, 0.5) is 0 Å². The lowest BCUT2D eigenvalue weighted by atomic mass is 9.92. The molecule has 4 heteroatoms. The van der Waals surface area contributed by atoms with Gasteiger partial charge in [0.15, 0.2) is 0 Å². The van der Waals surface area contributed by atoms with E-state index in [9.17, 15) is 9.90 Å². The third kappa shape index (κ3) is 3.64. The van der Waals surface area contributed by atoms with Gasteiger partial charge in [-0.1, -0.05) is 12.8 Å². The third-order valence-electron chi connectivity index (χ3n) is 2.58. The number of rotatable bonds is 3. The molecule has 1 aliphatic rings. The van der Waals surface area contributed by atoms with E-state index in [0.717, 1.165) is 25.7 Å². The molecule has 3 atom stereocenters. The number of carbonyl (C=O) groups excluding carboxylic acids is 1. The van der Waals surface area contributed by atoms with Gasteiger partial charge in [-0.3, -0.25) is 4.79 Å². The van der Waals surface area contributed by atoms with E-state index < -0.39 is 0 Å². The Morgan fingerprint density at radius 1 is 1.57 bits per heavy atom. The van der Waals surface area contributed by atoms with E-state index in [1.54, 1.807) is 6.92 Å². The summed E-state index contributed by atoms with van der Waals surface area (Å²) in [5.41, 5.74) is 5.51. The van der Waals surface area contributed by atoms with Gasteiger partial charge >= 0.3 is 0 Å². The molecule has 0 heterocycles. The Hall–Kier alpha value is -0.610. The highest BCUT2D eigenvalue weighted by molar-refractivity contribution is 5.76. The summed E-state index contributed by atoms with van der Waals surface area (Å²) in [4.78, 5) is 11.4. The summed E-state index contributed by atoms with van der Waals surface area (Å²) >= 11 is 0. The molecule has 82 valence electrons. The molecule has 0 radical (unpaired) electrons. The quantitative estimate of drug-likeness (QED) is 0.606. The molecule has 1 amide bonds. The van der Waals surface area contributed by atoms with Gasteiger partial charge in [0.1, 0.15) is 0 Å². The molecule has 0 aliphatic heterocycles. The van der Waals surface area contributed by atoms with Crippen LogP contribution in [0.15, 0.2) is 0 Å². The van der Waals surface area contributed by atoms with E-state index in [1.165, 1.54) is 0 Å². The first kappa shape index (κ1) is 11.5. The number of nitrogens with one attached hydrogen (secondary N) is 1. The van der Waals surface area contributed by atoms with Gasteiger partial charge in [0.2, 0.25) is 5.91 Å². The number of aliphatic hydroxyl groups excluding tert-OH is 1. The fourth-order valence-electron chi connectivity index (χ4n) is 1.84. The van der Waals surface area contributed by atoms with Gasteiger partial charge in [0.25, 0.3) is 0 Å². The first-order chi connectivity index (χ1) is 6.59. The molecule has 1 saturated carbocycles. The normalized spacial score (nSPS) is 29.6. The van der Waals surface area contributed by atoms with Crippen LogP contribution in [0.3, 0.4) is 0 Å². The van der Waals surface area contributed by atoms with Crippen LogP contribution in [0.25, 0.3) is 0 Å². The largest absolute Gasteiger partial charge is 0.391 e. The second kappa shape index (κ2) is 5.32. The van der Waals surface area contributed by atoms with Crippen molar-refractivity contribution < 1.29 is 9.90 Å². The van der Waals surface area contributed by atoms with Crippen molar-refractivity contribution in [3.05, 3.63) is 0 Å². The molecule has 0 aromatic heterocycles. The molecule has 4 nitrogen and oxygen atoms in total. The summed E-state index contributed by atoms with van der Waals surface area (Å²) in [7, 11) is 0. The second-order valence-electron chi connectivity index (χ2n) is 4.21. The van der Waals surface area contributed by atoms with Crippen LogP contribution in [-0.2, 0) is 4.79 Å². The number of carbonyl (C=O) groups is 1. The second-order valence-corrected chi connectivity index (χ2v) is 4.21. The lowest BCUT2D eigenvalue weighted by Gasteiger charge is -2.28. The lowest BCUT2D eigenvalue weighted by molar-refractivity contribution is -0.123. The maximum absolute atomic E-state index is 11.4. The van der Waals surface area contributed by atoms with Gasteiger partial charge in [0, 0.05) is 12.5 Å². The molecule has 0 aromatic rings. The summed E-state index contributed by atoms with van der Waals surface area (Å²) in [6, 6.07) is -0.175. The van der Waals surface area contributed by atoms with Crippen LogP contribution in [0.5, 0.6) is 0 Å². The molecule has 14 heavy (non-hydrogen) atoms. The monoisotopic (exact) mass is 200 g/mol. The fourth-order valence-corrected chi connectivity index (χ4v) is 1.84. The number of hydrogen-bond acceptors (Lipinski definition) is 3. The summed E-state index contributed by atoms with van der Waals surface area (Å²) in [6.07, 6.45) is 3.78. The molecule has 1 rings (SSSR count). The van der Waals surface area contributed by atoms with Crippen molar-refractivity contribution in [3.8, 4) is 0 Å². The van der Waals surface area contributed by atoms with Crippen LogP contribution < -0.4 is 11.1 Å². The van der Waals surface area contributed by atoms with Crippen LogP contribution in [0.2, 0.25) is 0 Å². The Labute approximate surface area is 84.9 Å². The summed E-state index contributed by atoms with van der Waals surface area (Å²) < 4.78 is 0. The molecule has 0 saturated heterocycles. The summed E-state index contributed by atoms with van der Waals surface area (Å²) in [5.74, 6) is -0.0500. The number of hydrogen-bond donors (Lipinski definition) is 3. The Morgan fingerprint density at radius 3 is 2.79 bits per heavy atom. The maximum atomic E-state index is 11.4. The minimum atomic E-state index is -0.374. The Bertz CT molecular complexity index is 195. The highest BCUT2D eigenvalue weighted by Gasteiger charge is 2.24. The van der Waals surface area contributed by atoms with Crippen molar-refractivity contribution in [2.24, 2.45) is 5.73 Å². The molecular formula is C10H20N2O2. The van der Waals surface area contributed by atoms with Crippen LogP contribution >= 0.6 is 0 Å². The Balaban J connectivity index is 2.31. The SMILES string of the molecule is CC(N)CC(=O)N[C@@H]1CCCC[C@H]1O. The van der Waals surface area contributed by atoms with E-state index in [2.05, 4.69) is 5.32 Å². The highest BCUT2D eigenvalue weighted by Crippen LogP contribution is 2.18. The van der Waals surface area contributed by atoms with E-state index in [1.807, 2.05) is 0 Å². The van der Waals surface area contributed by atoms with E-state index in [-0.39, 0.29) is 24.1 Å². The Kier molecular flexibility index (Phi) is 4.35. The van der Waals surface area contributed by atoms with Crippen molar-refractivity contribution in [1.82, 2.24) is 5.32 Å². The topological polar surface area (TPSA) is 75.4 Å². The molecular weight excluding hydrogens is 180 g/mol. The predicted octanol–water partition coefficient (Wildman–Crippen LogP) is 0.143. The number of nitrogens with two attached hydrogens (primary N) is 1. The van der Waals surface area contributed by atoms with Crippen molar-refractivity contribution in [1.29, 1.82) is 0 Å². The lowest BCUT2D eigenvalue weighted by Crippen LogP contribution is -2.46. The first-order valence-electron chi connectivity index (χ1n) is 5.32. The zero-order valence-electron chi connectivity index (χ0n) is 8.70. The van der Waals surface area contributed by atoms with Gasteiger partial charge < -0.3 is 16.2 Å².